The molecule has 0 aliphatic rings. The summed E-state index contributed by atoms with van der Waals surface area (Å²) < 4.78 is 30.8. The molecule has 0 bridgehead atoms. The Kier molecular flexibility index (Phi) is 29.5. The summed E-state index contributed by atoms with van der Waals surface area (Å²) in [6, 6.07) is 0. The molecule has 0 aliphatic heterocycles. The zero-order chi connectivity index (χ0) is 12.2. The van der Waals surface area contributed by atoms with Gasteiger partial charge in [0.1, 0.15) is 0 Å². The Labute approximate surface area is 223 Å². The molecule has 0 radical (unpaired) electrons. The summed E-state index contributed by atoms with van der Waals surface area (Å²) in [5, 5.41) is 0. The molecule has 0 aliphatic carbocycles. The SMILES string of the molecule is O=P(O)(O)OP(=O)(O)O.O=P([O-])([O-])[O-].[K+].[K+].[K+]. The summed E-state index contributed by atoms with van der Waals surface area (Å²) in [6.45, 7) is 0. The maximum absolute atomic E-state index is 9.63. The Morgan fingerprint density at radius 3 is 0.824 bits per heavy atom. The van der Waals surface area contributed by atoms with Gasteiger partial charge in [-0.25, -0.2) is 9.13 Å². The molecule has 0 aromatic rings. The van der Waals surface area contributed by atoms with Gasteiger partial charge in [-0.05, 0) is 0 Å². The summed E-state index contributed by atoms with van der Waals surface area (Å²) in [5.41, 5.74) is 0. The van der Waals surface area contributed by atoms with Gasteiger partial charge in [0.2, 0.25) is 0 Å². The normalized spacial score (nSPS) is 10.8. The average Bonchev–Trinajstić information content (AvgIpc) is 1.42. The van der Waals surface area contributed by atoms with Crippen LogP contribution in [-0.4, -0.2) is 19.6 Å². The second-order valence-electron chi connectivity index (χ2n) is 1.51. The predicted molar refractivity (Wildman–Crippen MR) is 32.8 cm³/mol. The summed E-state index contributed by atoms with van der Waals surface area (Å²) in [4.78, 5) is 56.6. The molecule has 17 heteroatoms. The van der Waals surface area contributed by atoms with Crippen molar-refractivity contribution in [3.63, 3.8) is 0 Å². The summed E-state index contributed by atoms with van der Waals surface area (Å²) in [7, 11) is -15.5. The molecule has 17 heavy (non-hydrogen) atoms. The van der Waals surface area contributed by atoms with E-state index in [0.29, 0.717) is 0 Å². The molecule has 88 valence electrons. The first-order valence-electron chi connectivity index (χ1n) is 2.26. The number of phosphoric acid groups is 3. The third-order valence-electron chi connectivity index (χ3n) is 0.213. The van der Waals surface area contributed by atoms with E-state index in [9.17, 15) is 9.13 Å². The zero-order valence-corrected chi connectivity index (χ0v) is 21.0. The van der Waals surface area contributed by atoms with Crippen molar-refractivity contribution in [1.82, 2.24) is 0 Å². The van der Waals surface area contributed by atoms with E-state index in [2.05, 4.69) is 4.31 Å². The molecule has 0 spiro atoms. The van der Waals surface area contributed by atoms with Crippen molar-refractivity contribution < 1.29 is 206 Å². The van der Waals surface area contributed by atoms with Gasteiger partial charge in [0.05, 0.1) is 0 Å². The van der Waals surface area contributed by atoms with Crippen molar-refractivity contribution >= 4 is 23.5 Å². The molecule has 0 amide bonds. The molecule has 0 aromatic heterocycles. The van der Waals surface area contributed by atoms with Gasteiger partial charge in [-0.2, -0.15) is 12.1 Å². The molecular formula is H4K3O11P3. The molecule has 0 aromatic carbocycles. The predicted octanol–water partition coefficient (Wildman–Crippen LogP) is -12.6. The van der Waals surface area contributed by atoms with Crippen molar-refractivity contribution in [2.45, 2.75) is 0 Å². The molecule has 0 atom stereocenters. The van der Waals surface area contributed by atoms with Crippen LogP contribution in [0.15, 0.2) is 0 Å². The second kappa shape index (κ2) is 14.8. The molecule has 4 N–H and O–H groups in total. The van der Waals surface area contributed by atoms with Crippen molar-refractivity contribution in [2.24, 2.45) is 0 Å². The summed E-state index contributed by atoms with van der Waals surface area (Å²) in [6.07, 6.45) is 0. The fourth-order valence-electron chi connectivity index (χ4n) is 0.139. The first-order chi connectivity index (χ1) is 5.71. The molecule has 0 saturated carbocycles. The van der Waals surface area contributed by atoms with Crippen LogP contribution in [0.3, 0.4) is 0 Å². The van der Waals surface area contributed by atoms with Crippen LogP contribution in [-0.2, 0) is 18.0 Å². The van der Waals surface area contributed by atoms with E-state index in [1.807, 2.05) is 0 Å². The average molecular weight is 390 g/mol. The minimum Gasteiger partial charge on any atom is -0.822 e. The number of rotatable bonds is 2. The Morgan fingerprint density at radius 2 is 0.824 bits per heavy atom. The van der Waals surface area contributed by atoms with Crippen LogP contribution in [0.4, 0.5) is 0 Å². The minimum atomic E-state index is -5.39. The van der Waals surface area contributed by atoms with E-state index < -0.39 is 23.5 Å². The van der Waals surface area contributed by atoms with Gasteiger partial charge in [-0.15, -0.1) is 0 Å². The van der Waals surface area contributed by atoms with E-state index >= 15 is 0 Å². The third-order valence-corrected chi connectivity index (χ3v) is 1.91. The van der Waals surface area contributed by atoms with E-state index in [-0.39, 0.29) is 154 Å². The van der Waals surface area contributed by atoms with Crippen LogP contribution in [0, 0.1) is 0 Å². The standard InChI is InChI=1S/3K.H4O7P2.H3O4P/c;;;1-8(2,3)7-9(4,5)6;1-5(2,3)4/h;;;(H2,1,2,3)(H2,4,5,6);(H3,1,2,3,4)/q3*+1;;/p-3. The fraction of sp³-hybridized carbons (Fsp3) is 0. The fourth-order valence-corrected chi connectivity index (χ4v) is 1.25. The third kappa shape index (κ3) is 62.2. The summed E-state index contributed by atoms with van der Waals surface area (Å²) >= 11 is 0. The number of hydrogen-bond donors (Lipinski definition) is 4. The maximum atomic E-state index is 9.63. The maximum Gasteiger partial charge on any atom is 1.00 e. The summed E-state index contributed by atoms with van der Waals surface area (Å²) in [5.74, 6) is 0. The molecule has 0 heterocycles. The van der Waals surface area contributed by atoms with Gasteiger partial charge in [0, 0.05) is 0 Å². The molecule has 0 rings (SSSR count). The first-order valence-corrected chi connectivity index (χ1v) is 6.78. The van der Waals surface area contributed by atoms with Crippen LogP contribution < -0.4 is 169 Å². The van der Waals surface area contributed by atoms with Gasteiger partial charge < -0.3 is 38.8 Å². The van der Waals surface area contributed by atoms with E-state index in [0.717, 1.165) is 0 Å². The molecule has 0 unspecified atom stereocenters. The van der Waals surface area contributed by atoms with Crippen LogP contribution in [0.1, 0.15) is 0 Å². The van der Waals surface area contributed by atoms with Crippen molar-refractivity contribution in [3.05, 3.63) is 0 Å². The molecule has 0 fully saturated rings. The Balaban J connectivity index is -0.0000000533. The zero-order valence-electron chi connectivity index (χ0n) is 8.99. The van der Waals surface area contributed by atoms with Crippen LogP contribution in [0.5, 0.6) is 0 Å². The van der Waals surface area contributed by atoms with Crippen molar-refractivity contribution in [1.29, 1.82) is 0 Å². The Hall–Kier alpha value is 5.28. The number of hydrogen-bond acceptors (Lipinski definition) is 7. The Morgan fingerprint density at radius 1 is 0.706 bits per heavy atom. The van der Waals surface area contributed by atoms with Gasteiger partial charge in [-0.1, -0.05) is 0 Å². The van der Waals surface area contributed by atoms with E-state index in [4.69, 9.17) is 38.8 Å². The van der Waals surface area contributed by atoms with Gasteiger partial charge in [0.15, 0.2) is 0 Å². The van der Waals surface area contributed by atoms with Gasteiger partial charge in [-0.3, -0.25) is 0 Å². The van der Waals surface area contributed by atoms with Gasteiger partial charge in [0.25, 0.3) is 0 Å². The van der Waals surface area contributed by atoms with E-state index in [1.54, 1.807) is 0 Å². The van der Waals surface area contributed by atoms with E-state index in [1.165, 1.54) is 0 Å². The molecule has 0 saturated heterocycles. The smallest absolute Gasteiger partial charge is 0.822 e. The van der Waals surface area contributed by atoms with Crippen molar-refractivity contribution in [2.75, 3.05) is 0 Å². The van der Waals surface area contributed by atoms with Crippen LogP contribution in [0.25, 0.3) is 0 Å². The topological polar surface area (TPSA) is 211 Å². The second-order valence-corrected chi connectivity index (χ2v) is 5.02. The molecule has 11 nitrogen and oxygen atoms in total. The quantitative estimate of drug-likeness (QED) is 0.257. The molecular weight excluding hydrogens is 386 g/mol. The Bertz CT molecular complexity index is 265. The largest absolute Gasteiger partial charge is 1.00 e. The van der Waals surface area contributed by atoms with Crippen molar-refractivity contribution in [3.8, 4) is 0 Å². The minimum absolute atomic E-state index is 0. The van der Waals surface area contributed by atoms with Gasteiger partial charge >= 0.3 is 170 Å². The monoisotopic (exact) mass is 390 g/mol. The first kappa shape index (κ1) is 33.8. The van der Waals surface area contributed by atoms with Crippen LogP contribution >= 0.6 is 23.5 Å². The van der Waals surface area contributed by atoms with Crippen LogP contribution in [0.2, 0.25) is 0 Å².